The molecular weight excluding hydrogens is 414 g/mol. The van der Waals surface area contributed by atoms with Crippen molar-refractivity contribution in [3.05, 3.63) is 82.5 Å². The number of rotatable bonds is 8. The second-order valence-corrected chi connectivity index (χ2v) is 7.24. The number of carbonyl (C=O) groups excluding carboxylic acids is 2. The van der Waals surface area contributed by atoms with Gasteiger partial charge in [-0.3, -0.25) is 9.59 Å². The van der Waals surface area contributed by atoms with Crippen LogP contribution in [0.4, 0.5) is 23.1 Å². The van der Waals surface area contributed by atoms with E-state index in [9.17, 15) is 9.59 Å². The minimum absolute atomic E-state index is 0.00213. The smallest absolute Gasteiger partial charge is 0.248 e. The topological polar surface area (TPSA) is 110 Å². The quantitative estimate of drug-likeness (QED) is 0.442. The normalized spacial score (nSPS) is 10.8. The molecular formula is C23H22ClN5O2. The molecule has 31 heavy (non-hydrogen) atoms. The lowest BCUT2D eigenvalue weighted by molar-refractivity contribution is -0.114. The first-order valence-corrected chi connectivity index (χ1v) is 9.95. The molecule has 1 aromatic heterocycles. The SMILES string of the molecule is C/C=C/C(=O)Cc1ccccc1Nc1nc(Nc2cc(C(N)=O)ccc2C)ncc1Cl. The lowest BCUT2D eigenvalue weighted by atomic mass is 10.1. The largest absolute Gasteiger partial charge is 0.366 e. The zero-order valence-electron chi connectivity index (χ0n) is 17.1. The summed E-state index contributed by atoms with van der Waals surface area (Å²) in [7, 11) is 0. The number of para-hydroxylation sites is 1. The van der Waals surface area contributed by atoms with Crippen molar-refractivity contribution < 1.29 is 9.59 Å². The summed E-state index contributed by atoms with van der Waals surface area (Å²) in [5, 5.41) is 6.60. The van der Waals surface area contributed by atoms with Gasteiger partial charge in [-0.15, -0.1) is 0 Å². The van der Waals surface area contributed by atoms with Gasteiger partial charge in [-0.25, -0.2) is 4.98 Å². The molecule has 0 saturated heterocycles. The van der Waals surface area contributed by atoms with Gasteiger partial charge >= 0.3 is 0 Å². The molecule has 0 aliphatic carbocycles. The summed E-state index contributed by atoms with van der Waals surface area (Å²) in [6, 6.07) is 12.5. The second-order valence-electron chi connectivity index (χ2n) is 6.83. The fourth-order valence-electron chi connectivity index (χ4n) is 2.90. The van der Waals surface area contributed by atoms with Gasteiger partial charge in [0, 0.05) is 23.4 Å². The number of benzene rings is 2. The number of carbonyl (C=O) groups is 2. The Morgan fingerprint density at radius 2 is 1.90 bits per heavy atom. The van der Waals surface area contributed by atoms with Crippen molar-refractivity contribution >= 4 is 46.4 Å². The Bertz CT molecular complexity index is 1160. The Morgan fingerprint density at radius 1 is 1.13 bits per heavy atom. The van der Waals surface area contributed by atoms with Gasteiger partial charge in [0.1, 0.15) is 5.02 Å². The van der Waals surface area contributed by atoms with E-state index < -0.39 is 5.91 Å². The van der Waals surface area contributed by atoms with Gasteiger partial charge in [0.25, 0.3) is 0 Å². The van der Waals surface area contributed by atoms with Crippen LogP contribution in [0, 0.1) is 6.92 Å². The van der Waals surface area contributed by atoms with E-state index >= 15 is 0 Å². The Hall–Kier alpha value is -3.71. The van der Waals surface area contributed by atoms with E-state index in [1.807, 2.05) is 31.2 Å². The highest BCUT2D eigenvalue weighted by Gasteiger charge is 2.12. The minimum atomic E-state index is -0.522. The third-order valence-corrected chi connectivity index (χ3v) is 4.78. The maximum atomic E-state index is 12.0. The van der Waals surface area contributed by atoms with E-state index in [2.05, 4.69) is 20.6 Å². The molecule has 0 atom stereocenters. The highest BCUT2D eigenvalue weighted by Crippen LogP contribution is 2.28. The molecule has 2 aromatic carbocycles. The summed E-state index contributed by atoms with van der Waals surface area (Å²) in [5.74, 6) is 0.150. The number of amides is 1. The highest BCUT2D eigenvalue weighted by atomic mass is 35.5. The summed E-state index contributed by atoms with van der Waals surface area (Å²) in [5.41, 5.74) is 8.83. The summed E-state index contributed by atoms with van der Waals surface area (Å²) < 4.78 is 0. The zero-order chi connectivity index (χ0) is 22.4. The summed E-state index contributed by atoms with van der Waals surface area (Å²) in [6.45, 7) is 3.69. The van der Waals surface area contributed by atoms with Crippen LogP contribution in [0.15, 0.2) is 60.8 Å². The van der Waals surface area contributed by atoms with Gasteiger partial charge in [0.05, 0.1) is 6.20 Å². The van der Waals surface area contributed by atoms with E-state index in [0.29, 0.717) is 28.0 Å². The van der Waals surface area contributed by atoms with E-state index in [0.717, 1.165) is 16.8 Å². The predicted octanol–water partition coefficient (Wildman–Crippen LogP) is 4.71. The second kappa shape index (κ2) is 9.86. The van der Waals surface area contributed by atoms with Crippen LogP contribution in [-0.4, -0.2) is 21.7 Å². The number of nitrogens with two attached hydrogens (primary N) is 1. The van der Waals surface area contributed by atoms with Crippen molar-refractivity contribution in [2.24, 2.45) is 5.73 Å². The number of nitrogens with one attached hydrogen (secondary N) is 2. The van der Waals surface area contributed by atoms with Crippen LogP contribution in [0.3, 0.4) is 0 Å². The summed E-state index contributed by atoms with van der Waals surface area (Å²) in [4.78, 5) is 32.2. The third kappa shape index (κ3) is 5.67. The Morgan fingerprint density at radius 3 is 2.65 bits per heavy atom. The molecule has 7 nitrogen and oxygen atoms in total. The van der Waals surface area contributed by atoms with E-state index in [-0.39, 0.29) is 12.2 Å². The molecule has 3 rings (SSSR count). The third-order valence-electron chi connectivity index (χ3n) is 4.50. The Balaban J connectivity index is 1.87. The van der Waals surface area contributed by atoms with Gasteiger partial charge in [0.2, 0.25) is 11.9 Å². The van der Waals surface area contributed by atoms with Gasteiger partial charge < -0.3 is 16.4 Å². The highest BCUT2D eigenvalue weighted by molar-refractivity contribution is 6.32. The molecule has 1 heterocycles. The van der Waals surface area contributed by atoms with Crippen LogP contribution >= 0.6 is 11.6 Å². The maximum Gasteiger partial charge on any atom is 0.248 e. The molecule has 3 aromatic rings. The van der Waals surface area contributed by atoms with Crippen LogP contribution in [0.1, 0.15) is 28.4 Å². The zero-order valence-corrected chi connectivity index (χ0v) is 17.9. The molecule has 0 radical (unpaired) electrons. The van der Waals surface area contributed by atoms with Gasteiger partial charge in [-0.05, 0) is 49.2 Å². The van der Waals surface area contributed by atoms with Gasteiger partial charge in [-0.2, -0.15) is 4.98 Å². The first-order valence-electron chi connectivity index (χ1n) is 9.58. The lowest BCUT2D eigenvalue weighted by Gasteiger charge is -2.14. The number of aromatic nitrogens is 2. The molecule has 158 valence electrons. The van der Waals surface area contributed by atoms with Crippen molar-refractivity contribution in [3.8, 4) is 0 Å². The van der Waals surface area contributed by atoms with Gasteiger partial charge in [0.15, 0.2) is 11.6 Å². The average Bonchev–Trinajstić information content (AvgIpc) is 2.73. The minimum Gasteiger partial charge on any atom is -0.366 e. The summed E-state index contributed by atoms with van der Waals surface area (Å²) >= 11 is 6.30. The first kappa shape index (κ1) is 22.0. The van der Waals surface area contributed by atoms with E-state index in [4.69, 9.17) is 17.3 Å². The molecule has 0 saturated carbocycles. The molecule has 4 N–H and O–H groups in total. The number of allylic oxidation sites excluding steroid dienone is 2. The number of nitrogens with zero attached hydrogens (tertiary/aromatic N) is 2. The average molecular weight is 436 g/mol. The fraction of sp³-hybridized carbons (Fsp3) is 0.130. The van der Waals surface area contributed by atoms with Crippen molar-refractivity contribution in [2.45, 2.75) is 20.3 Å². The molecule has 0 aliphatic heterocycles. The first-order chi connectivity index (χ1) is 14.9. The van der Waals surface area contributed by atoms with Crippen LogP contribution in [-0.2, 0) is 11.2 Å². The molecule has 8 heteroatoms. The maximum absolute atomic E-state index is 12.0. The number of ketones is 1. The van der Waals surface area contributed by atoms with Crippen LogP contribution in [0.25, 0.3) is 0 Å². The Labute approximate surface area is 185 Å². The molecule has 0 fully saturated rings. The van der Waals surface area contributed by atoms with Crippen molar-refractivity contribution in [2.75, 3.05) is 10.6 Å². The van der Waals surface area contributed by atoms with Crippen molar-refractivity contribution in [3.63, 3.8) is 0 Å². The number of anilines is 4. The molecule has 0 aliphatic rings. The number of primary amides is 1. The van der Waals surface area contributed by atoms with Crippen molar-refractivity contribution in [1.82, 2.24) is 9.97 Å². The van der Waals surface area contributed by atoms with E-state index in [1.54, 1.807) is 37.3 Å². The van der Waals surface area contributed by atoms with Crippen molar-refractivity contribution in [1.29, 1.82) is 0 Å². The van der Waals surface area contributed by atoms with Gasteiger partial charge in [-0.1, -0.05) is 41.9 Å². The molecule has 0 spiro atoms. The van der Waals surface area contributed by atoms with E-state index in [1.165, 1.54) is 6.20 Å². The number of aryl methyl sites for hydroxylation is 1. The van der Waals surface area contributed by atoms with Crippen LogP contribution in [0.5, 0.6) is 0 Å². The lowest BCUT2D eigenvalue weighted by Crippen LogP contribution is -2.11. The molecule has 1 amide bonds. The molecule has 0 bridgehead atoms. The molecule has 0 unspecified atom stereocenters. The standard InChI is InChI=1S/C23H22ClN5O2/c1-3-6-17(30)11-15-7-4-5-8-19(15)27-22-18(24)13-26-23(29-22)28-20-12-16(21(25)31)10-9-14(20)2/h3-10,12-13H,11H2,1-2H3,(H2,25,31)(H2,26,27,28,29)/b6-3+. The summed E-state index contributed by atoms with van der Waals surface area (Å²) in [6.07, 6.45) is 4.98. The van der Waals surface area contributed by atoms with Crippen LogP contribution in [0.2, 0.25) is 5.02 Å². The fourth-order valence-corrected chi connectivity index (χ4v) is 3.04. The number of halogens is 1. The van der Waals surface area contributed by atoms with Crippen LogP contribution < -0.4 is 16.4 Å². The number of hydrogen-bond donors (Lipinski definition) is 3. The number of hydrogen-bond acceptors (Lipinski definition) is 6. The predicted molar refractivity (Wildman–Crippen MR) is 123 cm³/mol. The Kier molecular flexibility index (Phi) is 6.99. The monoisotopic (exact) mass is 435 g/mol.